The molecule has 3 rings (SSSR count). The van der Waals surface area contributed by atoms with Crippen molar-refractivity contribution in [2.75, 3.05) is 18.1 Å². The van der Waals surface area contributed by atoms with E-state index in [2.05, 4.69) is 5.32 Å². The molecule has 1 N–H and O–H groups in total. The number of hydrogen-bond donors (Lipinski definition) is 1. The summed E-state index contributed by atoms with van der Waals surface area (Å²) in [6.45, 7) is 5.42. The molecule has 1 heterocycles. The van der Waals surface area contributed by atoms with Crippen LogP contribution in [0.25, 0.3) is 0 Å². The van der Waals surface area contributed by atoms with Crippen LogP contribution in [0.15, 0.2) is 48.5 Å². The Hall–Kier alpha value is -2.82. The predicted octanol–water partition coefficient (Wildman–Crippen LogP) is 3.06. The van der Waals surface area contributed by atoms with Gasteiger partial charge >= 0.3 is 0 Å². The van der Waals surface area contributed by atoms with E-state index in [0.29, 0.717) is 19.7 Å². The van der Waals surface area contributed by atoms with Gasteiger partial charge in [-0.2, -0.15) is 0 Å². The van der Waals surface area contributed by atoms with E-state index in [1.54, 1.807) is 4.90 Å². The lowest BCUT2D eigenvalue weighted by Gasteiger charge is -2.19. The number of ether oxygens (including phenoxy) is 1. The zero-order chi connectivity index (χ0) is 18.5. The highest BCUT2D eigenvalue weighted by Gasteiger charge is 2.35. The summed E-state index contributed by atoms with van der Waals surface area (Å²) >= 11 is 0. The molecule has 2 aromatic rings. The maximum absolute atomic E-state index is 12.5. The molecule has 1 saturated heterocycles. The van der Waals surface area contributed by atoms with Crippen molar-refractivity contribution in [3.8, 4) is 5.75 Å². The molecule has 0 aliphatic carbocycles. The van der Waals surface area contributed by atoms with Gasteiger partial charge in [0.2, 0.25) is 11.8 Å². The summed E-state index contributed by atoms with van der Waals surface area (Å²) in [7, 11) is 0. The van der Waals surface area contributed by atoms with Gasteiger partial charge in [0, 0.05) is 25.2 Å². The van der Waals surface area contributed by atoms with E-state index in [1.807, 2.05) is 62.4 Å². The van der Waals surface area contributed by atoms with Gasteiger partial charge in [-0.05, 0) is 43.2 Å². The zero-order valence-corrected chi connectivity index (χ0v) is 15.2. The summed E-state index contributed by atoms with van der Waals surface area (Å²) in [5.74, 6) is 0.423. The molecule has 2 aromatic carbocycles. The summed E-state index contributed by atoms with van der Waals surface area (Å²) in [6.07, 6.45) is 0.253. The minimum Gasteiger partial charge on any atom is -0.494 e. The predicted molar refractivity (Wildman–Crippen MR) is 101 cm³/mol. The zero-order valence-electron chi connectivity index (χ0n) is 15.2. The summed E-state index contributed by atoms with van der Waals surface area (Å²) in [5, 5.41) is 2.94. The summed E-state index contributed by atoms with van der Waals surface area (Å²) in [6, 6.07) is 15.4. The maximum Gasteiger partial charge on any atom is 0.227 e. The first-order chi connectivity index (χ1) is 12.6. The first kappa shape index (κ1) is 18.0. The Morgan fingerprint density at radius 3 is 2.62 bits per heavy atom. The van der Waals surface area contributed by atoms with Crippen molar-refractivity contribution in [2.45, 2.75) is 26.8 Å². The van der Waals surface area contributed by atoms with Crippen molar-refractivity contribution < 1.29 is 14.3 Å². The van der Waals surface area contributed by atoms with E-state index in [-0.39, 0.29) is 24.2 Å². The maximum atomic E-state index is 12.5. The van der Waals surface area contributed by atoms with E-state index in [4.69, 9.17) is 4.74 Å². The fourth-order valence-electron chi connectivity index (χ4n) is 3.19. The van der Waals surface area contributed by atoms with Gasteiger partial charge in [-0.3, -0.25) is 9.59 Å². The lowest BCUT2D eigenvalue weighted by atomic mass is 10.1. The van der Waals surface area contributed by atoms with E-state index in [1.165, 1.54) is 0 Å². The average Bonchev–Trinajstić information content (AvgIpc) is 3.03. The van der Waals surface area contributed by atoms with Gasteiger partial charge in [-0.15, -0.1) is 0 Å². The smallest absolute Gasteiger partial charge is 0.227 e. The van der Waals surface area contributed by atoms with Gasteiger partial charge in [0.05, 0.1) is 12.5 Å². The van der Waals surface area contributed by atoms with Crippen molar-refractivity contribution in [3.05, 3.63) is 59.7 Å². The monoisotopic (exact) mass is 352 g/mol. The van der Waals surface area contributed by atoms with Gasteiger partial charge in [0.25, 0.3) is 0 Å². The molecule has 0 radical (unpaired) electrons. The number of carbonyl (C=O) groups is 2. The van der Waals surface area contributed by atoms with Crippen molar-refractivity contribution in [3.63, 3.8) is 0 Å². The highest BCUT2D eigenvalue weighted by atomic mass is 16.5. The molecule has 136 valence electrons. The fourth-order valence-corrected chi connectivity index (χ4v) is 3.19. The van der Waals surface area contributed by atoms with Gasteiger partial charge in [0.15, 0.2) is 0 Å². The highest BCUT2D eigenvalue weighted by Crippen LogP contribution is 2.27. The summed E-state index contributed by atoms with van der Waals surface area (Å²) in [4.78, 5) is 26.5. The molecule has 5 nitrogen and oxygen atoms in total. The first-order valence-corrected chi connectivity index (χ1v) is 8.94. The van der Waals surface area contributed by atoms with Crippen LogP contribution in [0.4, 0.5) is 5.69 Å². The van der Waals surface area contributed by atoms with Crippen molar-refractivity contribution in [1.29, 1.82) is 0 Å². The van der Waals surface area contributed by atoms with Gasteiger partial charge in [-0.1, -0.05) is 30.3 Å². The first-order valence-electron chi connectivity index (χ1n) is 8.94. The summed E-state index contributed by atoms with van der Waals surface area (Å²) in [5.41, 5.74) is 2.93. The number of carbonyl (C=O) groups excluding carboxylic acids is 2. The van der Waals surface area contributed by atoms with Crippen LogP contribution in [-0.4, -0.2) is 25.0 Å². The molecule has 1 aliphatic rings. The Labute approximate surface area is 154 Å². The number of nitrogens with one attached hydrogen (secondary N) is 1. The third-order valence-corrected chi connectivity index (χ3v) is 4.60. The minimum absolute atomic E-state index is 0.000479. The molecular weight excluding hydrogens is 328 g/mol. The van der Waals surface area contributed by atoms with Crippen LogP contribution in [-0.2, 0) is 16.1 Å². The number of anilines is 1. The Morgan fingerprint density at radius 1 is 1.19 bits per heavy atom. The number of hydrogen-bond acceptors (Lipinski definition) is 3. The number of benzene rings is 2. The molecule has 0 bridgehead atoms. The molecule has 5 heteroatoms. The molecule has 1 fully saturated rings. The van der Waals surface area contributed by atoms with Crippen molar-refractivity contribution in [1.82, 2.24) is 5.32 Å². The second-order valence-corrected chi connectivity index (χ2v) is 6.49. The largest absolute Gasteiger partial charge is 0.494 e. The summed E-state index contributed by atoms with van der Waals surface area (Å²) < 4.78 is 5.41. The number of para-hydroxylation sites is 1. The van der Waals surface area contributed by atoms with Gasteiger partial charge in [0.1, 0.15) is 5.75 Å². The van der Waals surface area contributed by atoms with Gasteiger partial charge in [-0.25, -0.2) is 0 Å². The Morgan fingerprint density at radius 2 is 1.92 bits per heavy atom. The molecule has 26 heavy (non-hydrogen) atoms. The van der Waals surface area contributed by atoms with Crippen molar-refractivity contribution in [2.24, 2.45) is 5.92 Å². The van der Waals surface area contributed by atoms with Crippen LogP contribution in [0.5, 0.6) is 5.75 Å². The molecular formula is C21H24N2O3. The third-order valence-electron chi connectivity index (χ3n) is 4.60. The number of amides is 2. The Balaban J connectivity index is 1.57. The van der Waals surface area contributed by atoms with Gasteiger partial charge < -0.3 is 15.0 Å². The van der Waals surface area contributed by atoms with E-state index in [9.17, 15) is 9.59 Å². The Kier molecular flexibility index (Phi) is 5.56. The van der Waals surface area contributed by atoms with Crippen LogP contribution in [0.2, 0.25) is 0 Å². The molecule has 0 spiro atoms. The number of nitrogens with zero attached hydrogens (tertiary/aromatic N) is 1. The number of rotatable bonds is 6. The minimum atomic E-state index is -0.315. The SMILES string of the molecule is CCOc1ccc(CNC(=O)[C@H]2CC(=O)N(c3ccccc3C)C2)cc1. The van der Waals surface area contributed by atoms with E-state index < -0.39 is 0 Å². The molecule has 0 saturated carbocycles. The van der Waals surface area contributed by atoms with Crippen molar-refractivity contribution >= 4 is 17.5 Å². The quantitative estimate of drug-likeness (QED) is 0.869. The molecule has 2 amide bonds. The van der Waals surface area contributed by atoms with Crippen LogP contribution in [0.1, 0.15) is 24.5 Å². The van der Waals surface area contributed by atoms with E-state index in [0.717, 1.165) is 22.6 Å². The molecule has 1 aliphatic heterocycles. The Bertz CT molecular complexity index is 786. The lowest BCUT2D eigenvalue weighted by Crippen LogP contribution is -2.32. The van der Waals surface area contributed by atoms with E-state index >= 15 is 0 Å². The lowest BCUT2D eigenvalue weighted by molar-refractivity contribution is -0.126. The second-order valence-electron chi connectivity index (χ2n) is 6.49. The normalized spacial score (nSPS) is 16.6. The molecule has 0 aromatic heterocycles. The molecule has 1 atom stereocenters. The van der Waals surface area contributed by atoms with Crippen LogP contribution < -0.4 is 15.0 Å². The second kappa shape index (κ2) is 8.04. The van der Waals surface area contributed by atoms with Crippen LogP contribution in [0.3, 0.4) is 0 Å². The standard InChI is InChI=1S/C21H24N2O3/c1-3-26-18-10-8-16(9-11-18)13-22-21(25)17-12-20(24)23(14-17)19-7-5-4-6-15(19)2/h4-11,17H,3,12-14H2,1-2H3,(H,22,25)/t17-/m0/s1. The van der Waals surface area contributed by atoms with Crippen LogP contribution in [0, 0.1) is 12.8 Å². The van der Waals surface area contributed by atoms with Crippen LogP contribution >= 0.6 is 0 Å². The molecule has 0 unspecified atom stereocenters. The third kappa shape index (κ3) is 4.04. The topological polar surface area (TPSA) is 58.6 Å². The highest BCUT2D eigenvalue weighted by molar-refractivity contribution is 6.00. The fraction of sp³-hybridized carbons (Fsp3) is 0.333. The number of aryl methyl sites for hydroxylation is 1. The average molecular weight is 352 g/mol.